The van der Waals surface area contributed by atoms with Gasteiger partial charge in [0.05, 0.1) is 12.0 Å². The van der Waals surface area contributed by atoms with Crippen LogP contribution in [0.4, 0.5) is 0 Å². The number of thiophene rings is 1. The van der Waals surface area contributed by atoms with Crippen LogP contribution in [0.3, 0.4) is 0 Å². The van der Waals surface area contributed by atoms with Crippen LogP contribution < -0.4 is 9.47 Å². The average molecular weight is 463 g/mol. The summed E-state index contributed by atoms with van der Waals surface area (Å²) in [6, 6.07) is 16.6. The Hall–Kier alpha value is -2.83. The van der Waals surface area contributed by atoms with E-state index in [1.54, 1.807) is 7.11 Å². The molecule has 1 fully saturated rings. The Morgan fingerprint density at radius 1 is 0.909 bits per heavy atom. The zero-order valence-electron chi connectivity index (χ0n) is 19.1. The number of carbonyl (C=O) groups excluding carboxylic acids is 1. The Balaban J connectivity index is 1.11. The molecule has 2 aromatic carbocycles. The van der Waals surface area contributed by atoms with Gasteiger partial charge >= 0.3 is 0 Å². The van der Waals surface area contributed by atoms with E-state index in [2.05, 4.69) is 35.2 Å². The maximum atomic E-state index is 13.0. The number of benzene rings is 2. The third-order valence-electron chi connectivity index (χ3n) is 6.56. The molecule has 1 saturated heterocycles. The van der Waals surface area contributed by atoms with Crippen LogP contribution in [-0.4, -0.2) is 49.0 Å². The van der Waals surface area contributed by atoms with Crippen molar-refractivity contribution in [3.8, 4) is 11.5 Å². The summed E-state index contributed by atoms with van der Waals surface area (Å²) in [5.41, 5.74) is 5.19. The van der Waals surface area contributed by atoms with Gasteiger partial charge in [-0.1, -0.05) is 18.2 Å². The van der Waals surface area contributed by atoms with Gasteiger partial charge < -0.3 is 14.4 Å². The van der Waals surface area contributed by atoms with Gasteiger partial charge in [-0.3, -0.25) is 9.69 Å². The van der Waals surface area contributed by atoms with Gasteiger partial charge in [-0.2, -0.15) is 0 Å². The SMILES string of the molecule is COc1ccc(CN2CCN(C(=O)c3cc(COc4ccc5c(c4)CCC5)cs3)CC2)cc1. The van der Waals surface area contributed by atoms with Gasteiger partial charge in [0.1, 0.15) is 18.1 Å². The largest absolute Gasteiger partial charge is 0.497 e. The second-order valence-corrected chi connectivity index (χ2v) is 9.72. The lowest BCUT2D eigenvalue weighted by Gasteiger charge is -2.34. The molecule has 3 aromatic rings. The number of piperazine rings is 1. The van der Waals surface area contributed by atoms with Crippen LogP contribution >= 0.6 is 11.3 Å². The Bertz CT molecular complexity index is 1100. The van der Waals surface area contributed by atoms with Gasteiger partial charge in [-0.25, -0.2) is 0 Å². The normalized spacial score (nSPS) is 16.0. The predicted molar refractivity (Wildman–Crippen MR) is 131 cm³/mol. The highest BCUT2D eigenvalue weighted by molar-refractivity contribution is 7.12. The molecule has 5 rings (SSSR count). The van der Waals surface area contributed by atoms with E-state index in [0.29, 0.717) is 6.61 Å². The molecule has 5 nitrogen and oxygen atoms in total. The van der Waals surface area contributed by atoms with Crippen molar-refractivity contribution in [2.75, 3.05) is 33.3 Å². The lowest BCUT2D eigenvalue weighted by molar-refractivity contribution is 0.0633. The van der Waals surface area contributed by atoms with E-state index in [9.17, 15) is 4.79 Å². The van der Waals surface area contributed by atoms with Crippen LogP contribution in [0.15, 0.2) is 53.9 Å². The van der Waals surface area contributed by atoms with Crippen molar-refractivity contribution >= 4 is 17.2 Å². The number of hydrogen-bond donors (Lipinski definition) is 0. The van der Waals surface area contributed by atoms with Gasteiger partial charge in [0.25, 0.3) is 5.91 Å². The molecular weight excluding hydrogens is 432 g/mol. The summed E-state index contributed by atoms with van der Waals surface area (Å²) in [5, 5.41) is 2.04. The second-order valence-electron chi connectivity index (χ2n) is 8.81. The molecule has 0 atom stereocenters. The van der Waals surface area contributed by atoms with Crippen LogP contribution in [-0.2, 0) is 26.0 Å². The molecule has 172 valence electrons. The van der Waals surface area contributed by atoms with E-state index in [1.165, 1.54) is 40.9 Å². The maximum Gasteiger partial charge on any atom is 0.264 e. The summed E-state index contributed by atoms with van der Waals surface area (Å²) in [4.78, 5) is 18.2. The summed E-state index contributed by atoms with van der Waals surface area (Å²) in [5.74, 6) is 1.93. The average Bonchev–Trinajstić information content (AvgIpc) is 3.52. The summed E-state index contributed by atoms with van der Waals surface area (Å²) in [6.45, 7) is 4.68. The molecule has 2 heterocycles. The molecule has 0 radical (unpaired) electrons. The van der Waals surface area contributed by atoms with Crippen molar-refractivity contribution in [1.29, 1.82) is 0 Å². The number of amides is 1. The highest BCUT2D eigenvalue weighted by Crippen LogP contribution is 2.27. The standard InChI is InChI=1S/C27H30N2O3S/c1-31-24-8-5-20(6-9-24)17-28-11-13-29(14-12-28)27(30)26-15-21(19-33-26)18-32-25-10-7-22-3-2-4-23(22)16-25/h5-10,15-16,19H,2-4,11-14,17-18H2,1H3. The first-order valence-electron chi connectivity index (χ1n) is 11.6. The predicted octanol–water partition coefficient (Wildman–Crippen LogP) is 4.78. The molecular formula is C27H30N2O3S. The molecule has 0 unspecified atom stereocenters. The van der Waals surface area contributed by atoms with E-state index in [-0.39, 0.29) is 5.91 Å². The summed E-state index contributed by atoms with van der Waals surface area (Å²) in [6.07, 6.45) is 3.57. The molecule has 0 saturated carbocycles. The van der Waals surface area contributed by atoms with Crippen molar-refractivity contribution in [2.45, 2.75) is 32.4 Å². The maximum absolute atomic E-state index is 13.0. The second kappa shape index (κ2) is 9.98. The van der Waals surface area contributed by atoms with Gasteiger partial charge in [0.15, 0.2) is 0 Å². The number of aryl methyl sites for hydroxylation is 2. The minimum atomic E-state index is 0.132. The molecule has 1 aliphatic heterocycles. The van der Waals surface area contributed by atoms with Crippen LogP contribution in [0, 0.1) is 0 Å². The van der Waals surface area contributed by atoms with Crippen molar-refractivity contribution in [3.63, 3.8) is 0 Å². The van der Waals surface area contributed by atoms with Crippen molar-refractivity contribution in [1.82, 2.24) is 9.80 Å². The minimum absolute atomic E-state index is 0.132. The number of hydrogen-bond acceptors (Lipinski definition) is 5. The topological polar surface area (TPSA) is 42.0 Å². The number of methoxy groups -OCH3 is 1. The molecule has 2 aliphatic rings. The fraction of sp³-hybridized carbons (Fsp3) is 0.370. The first kappa shape index (κ1) is 22.0. The lowest BCUT2D eigenvalue weighted by Crippen LogP contribution is -2.48. The lowest BCUT2D eigenvalue weighted by atomic mass is 10.1. The van der Waals surface area contributed by atoms with E-state index >= 15 is 0 Å². The molecule has 1 aromatic heterocycles. The first-order valence-corrected chi connectivity index (χ1v) is 12.5. The van der Waals surface area contributed by atoms with Gasteiger partial charge in [0.2, 0.25) is 0 Å². The molecule has 6 heteroatoms. The van der Waals surface area contributed by atoms with E-state index in [4.69, 9.17) is 9.47 Å². The summed E-state index contributed by atoms with van der Waals surface area (Å²) in [7, 11) is 1.68. The van der Waals surface area contributed by atoms with E-state index in [1.807, 2.05) is 28.5 Å². The fourth-order valence-corrected chi connectivity index (χ4v) is 5.49. The highest BCUT2D eigenvalue weighted by atomic mass is 32.1. The van der Waals surface area contributed by atoms with Crippen LogP contribution in [0.2, 0.25) is 0 Å². The number of carbonyl (C=O) groups is 1. The third kappa shape index (κ3) is 5.23. The Morgan fingerprint density at radius 3 is 2.45 bits per heavy atom. The smallest absolute Gasteiger partial charge is 0.264 e. The van der Waals surface area contributed by atoms with Crippen molar-refractivity contribution in [3.05, 3.63) is 81.0 Å². The van der Waals surface area contributed by atoms with Gasteiger partial charge in [-0.05, 0) is 71.7 Å². The van der Waals surface area contributed by atoms with Crippen LogP contribution in [0.5, 0.6) is 11.5 Å². The molecule has 0 N–H and O–H groups in total. The van der Waals surface area contributed by atoms with Crippen LogP contribution in [0.25, 0.3) is 0 Å². The molecule has 33 heavy (non-hydrogen) atoms. The third-order valence-corrected chi connectivity index (χ3v) is 7.53. The number of nitrogens with zero attached hydrogens (tertiary/aromatic N) is 2. The molecule has 0 bridgehead atoms. The molecule has 1 amide bonds. The monoisotopic (exact) mass is 462 g/mol. The number of rotatable bonds is 7. The van der Waals surface area contributed by atoms with E-state index in [0.717, 1.165) is 61.1 Å². The first-order chi connectivity index (χ1) is 16.2. The van der Waals surface area contributed by atoms with Crippen molar-refractivity contribution < 1.29 is 14.3 Å². The van der Waals surface area contributed by atoms with Crippen LogP contribution in [0.1, 0.15) is 38.3 Å². The number of fused-ring (bicyclic) bond motifs is 1. The zero-order chi connectivity index (χ0) is 22.6. The summed E-state index contributed by atoms with van der Waals surface area (Å²) >= 11 is 1.52. The minimum Gasteiger partial charge on any atom is -0.497 e. The highest BCUT2D eigenvalue weighted by Gasteiger charge is 2.23. The Labute approximate surface area is 199 Å². The molecule has 1 aliphatic carbocycles. The quantitative estimate of drug-likeness (QED) is 0.507. The zero-order valence-corrected chi connectivity index (χ0v) is 19.9. The molecule has 0 spiro atoms. The van der Waals surface area contributed by atoms with Gasteiger partial charge in [0, 0.05) is 38.3 Å². The Kier molecular flexibility index (Phi) is 6.65. The van der Waals surface area contributed by atoms with Gasteiger partial charge in [-0.15, -0.1) is 11.3 Å². The van der Waals surface area contributed by atoms with Crippen molar-refractivity contribution in [2.24, 2.45) is 0 Å². The summed E-state index contributed by atoms with van der Waals surface area (Å²) < 4.78 is 11.2. The number of ether oxygens (including phenoxy) is 2. The van der Waals surface area contributed by atoms with E-state index < -0.39 is 0 Å². The Morgan fingerprint density at radius 2 is 1.67 bits per heavy atom. The fourth-order valence-electron chi connectivity index (χ4n) is 4.62.